The molecular weight excluding hydrogens is 260 g/mol. The Morgan fingerprint density at radius 1 is 0.905 bits per heavy atom. The van der Waals surface area contributed by atoms with Gasteiger partial charge in [-0.2, -0.15) is 0 Å². The summed E-state index contributed by atoms with van der Waals surface area (Å²) in [4.78, 5) is 0. The van der Waals surface area contributed by atoms with Crippen LogP contribution in [0.3, 0.4) is 0 Å². The quantitative estimate of drug-likeness (QED) is 0.817. The van der Waals surface area contributed by atoms with Gasteiger partial charge in [-0.25, -0.2) is 0 Å². The van der Waals surface area contributed by atoms with Crippen LogP contribution in [0.25, 0.3) is 0 Å². The number of nitrogens with one attached hydrogen (secondary N) is 2. The molecule has 3 nitrogen and oxygen atoms in total. The Morgan fingerprint density at radius 3 is 2.57 bits per heavy atom. The summed E-state index contributed by atoms with van der Waals surface area (Å²) >= 11 is 0. The molecule has 0 aromatic heterocycles. The van der Waals surface area contributed by atoms with Gasteiger partial charge in [0.25, 0.3) is 0 Å². The van der Waals surface area contributed by atoms with Crippen LogP contribution in [0, 0.1) is 5.92 Å². The van der Waals surface area contributed by atoms with E-state index in [9.17, 15) is 0 Å². The van der Waals surface area contributed by atoms with Crippen LogP contribution >= 0.6 is 0 Å². The minimum absolute atomic E-state index is 0.529. The van der Waals surface area contributed by atoms with Gasteiger partial charge in [-0.05, 0) is 70.4 Å². The van der Waals surface area contributed by atoms with Crippen LogP contribution in [0.5, 0.6) is 0 Å². The second-order valence-corrected chi connectivity index (χ2v) is 7.34. The van der Waals surface area contributed by atoms with E-state index >= 15 is 0 Å². The number of piperidine rings is 1. The molecule has 3 fully saturated rings. The first-order valence-electron chi connectivity index (χ1n) is 9.52. The molecular formula is C18H34N2O. The highest BCUT2D eigenvalue weighted by molar-refractivity contribution is 4.90. The summed E-state index contributed by atoms with van der Waals surface area (Å²) in [6, 6.07) is 1.53. The van der Waals surface area contributed by atoms with Gasteiger partial charge in [0.1, 0.15) is 0 Å². The maximum atomic E-state index is 5.86. The molecule has 1 saturated carbocycles. The van der Waals surface area contributed by atoms with E-state index in [1.807, 2.05) is 0 Å². The molecule has 2 saturated heterocycles. The van der Waals surface area contributed by atoms with E-state index < -0.39 is 0 Å². The van der Waals surface area contributed by atoms with Crippen LogP contribution in [0.1, 0.15) is 70.6 Å². The molecule has 0 spiro atoms. The summed E-state index contributed by atoms with van der Waals surface area (Å²) in [5.41, 5.74) is 0. The average Bonchev–Trinajstić information content (AvgIpc) is 2.57. The highest BCUT2D eigenvalue weighted by Crippen LogP contribution is 2.30. The van der Waals surface area contributed by atoms with Crippen molar-refractivity contribution in [3.05, 3.63) is 0 Å². The van der Waals surface area contributed by atoms with Gasteiger partial charge in [0.05, 0.1) is 6.10 Å². The van der Waals surface area contributed by atoms with Crippen molar-refractivity contribution in [2.75, 3.05) is 19.7 Å². The van der Waals surface area contributed by atoms with Crippen LogP contribution in [0.4, 0.5) is 0 Å². The third-order valence-electron chi connectivity index (χ3n) is 5.83. The van der Waals surface area contributed by atoms with Crippen molar-refractivity contribution in [3.8, 4) is 0 Å². The predicted molar refractivity (Wildman–Crippen MR) is 87.6 cm³/mol. The SMILES string of the molecule is C1CCC(C2CCCCC2NCCC2CCCCO2)NC1. The van der Waals surface area contributed by atoms with E-state index in [0.717, 1.165) is 31.2 Å². The zero-order valence-electron chi connectivity index (χ0n) is 13.6. The van der Waals surface area contributed by atoms with Crippen molar-refractivity contribution in [2.24, 2.45) is 5.92 Å². The summed E-state index contributed by atoms with van der Waals surface area (Å²) < 4.78 is 5.86. The Morgan fingerprint density at radius 2 is 1.76 bits per heavy atom. The van der Waals surface area contributed by atoms with Crippen molar-refractivity contribution in [3.63, 3.8) is 0 Å². The highest BCUT2D eigenvalue weighted by atomic mass is 16.5. The van der Waals surface area contributed by atoms with E-state index in [0.29, 0.717) is 6.10 Å². The Kier molecular flexibility index (Phi) is 6.38. The number of hydrogen-bond acceptors (Lipinski definition) is 3. The van der Waals surface area contributed by atoms with Crippen molar-refractivity contribution < 1.29 is 4.74 Å². The third kappa shape index (κ3) is 4.67. The summed E-state index contributed by atoms with van der Waals surface area (Å²) in [7, 11) is 0. The molecule has 0 radical (unpaired) electrons. The van der Waals surface area contributed by atoms with Crippen molar-refractivity contribution in [1.82, 2.24) is 10.6 Å². The second-order valence-electron chi connectivity index (χ2n) is 7.34. The van der Waals surface area contributed by atoms with Crippen LogP contribution in [0.15, 0.2) is 0 Å². The molecule has 2 aliphatic heterocycles. The van der Waals surface area contributed by atoms with Gasteiger partial charge in [-0.3, -0.25) is 0 Å². The summed E-state index contributed by atoms with van der Waals surface area (Å²) in [5.74, 6) is 0.867. The lowest BCUT2D eigenvalue weighted by atomic mass is 9.77. The van der Waals surface area contributed by atoms with E-state index in [1.165, 1.54) is 77.2 Å². The topological polar surface area (TPSA) is 33.3 Å². The first-order valence-corrected chi connectivity index (χ1v) is 9.52. The standard InChI is InChI=1S/C18H34N2O/c1-2-9-18(16(8-1)17-10-3-5-12-19-17)20-13-11-15-7-4-6-14-21-15/h15-20H,1-14H2. The fourth-order valence-corrected chi connectivity index (χ4v) is 4.60. The lowest BCUT2D eigenvalue weighted by Gasteiger charge is -2.40. The monoisotopic (exact) mass is 294 g/mol. The molecule has 0 aromatic rings. The maximum Gasteiger partial charge on any atom is 0.0587 e. The van der Waals surface area contributed by atoms with E-state index in [2.05, 4.69) is 10.6 Å². The molecule has 4 unspecified atom stereocenters. The predicted octanol–water partition coefficient (Wildman–Crippen LogP) is 3.24. The fraction of sp³-hybridized carbons (Fsp3) is 1.00. The van der Waals surface area contributed by atoms with Crippen molar-refractivity contribution in [2.45, 2.75) is 88.8 Å². The van der Waals surface area contributed by atoms with Gasteiger partial charge in [0.15, 0.2) is 0 Å². The maximum absolute atomic E-state index is 5.86. The number of hydrogen-bond donors (Lipinski definition) is 2. The molecule has 1 aliphatic carbocycles. The van der Waals surface area contributed by atoms with Crippen LogP contribution < -0.4 is 10.6 Å². The lowest BCUT2D eigenvalue weighted by Crippen LogP contribution is -2.50. The normalized spacial score (nSPS) is 38.3. The molecule has 3 rings (SSSR count). The molecule has 0 bridgehead atoms. The smallest absolute Gasteiger partial charge is 0.0587 e. The molecule has 0 amide bonds. The summed E-state index contributed by atoms with van der Waals surface area (Å²) in [6.45, 7) is 3.38. The molecule has 2 heterocycles. The van der Waals surface area contributed by atoms with Gasteiger partial charge in [0, 0.05) is 18.7 Å². The first-order chi connectivity index (χ1) is 10.4. The van der Waals surface area contributed by atoms with Gasteiger partial charge in [-0.15, -0.1) is 0 Å². The zero-order valence-corrected chi connectivity index (χ0v) is 13.6. The Bertz CT molecular complexity index is 285. The van der Waals surface area contributed by atoms with E-state index in [1.54, 1.807) is 0 Å². The van der Waals surface area contributed by atoms with E-state index in [-0.39, 0.29) is 0 Å². The Hall–Kier alpha value is -0.120. The molecule has 4 atom stereocenters. The van der Waals surface area contributed by atoms with Crippen molar-refractivity contribution >= 4 is 0 Å². The van der Waals surface area contributed by atoms with E-state index in [4.69, 9.17) is 4.74 Å². The number of rotatable bonds is 5. The molecule has 2 N–H and O–H groups in total. The molecule has 21 heavy (non-hydrogen) atoms. The fourth-order valence-electron chi connectivity index (χ4n) is 4.60. The largest absolute Gasteiger partial charge is 0.378 e. The van der Waals surface area contributed by atoms with Crippen LogP contribution in [-0.4, -0.2) is 37.9 Å². The Balaban J connectivity index is 1.42. The third-order valence-corrected chi connectivity index (χ3v) is 5.83. The van der Waals surface area contributed by atoms with Crippen LogP contribution in [-0.2, 0) is 4.74 Å². The summed E-state index contributed by atoms with van der Waals surface area (Å²) in [6.07, 6.45) is 15.5. The minimum Gasteiger partial charge on any atom is -0.378 e. The minimum atomic E-state index is 0.529. The van der Waals surface area contributed by atoms with Gasteiger partial charge >= 0.3 is 0 Å². The molecule has 0 aromatic carbocycles. The van der Waals surface area contributed by atoms with Gasteiger partial charge < -0.3 is 15.4 Å². The summed E-state index contributed by atoms with van der Waals surface area (Å²) in [5, 5.41) is 7.69. The Labute approximate surface area is 130 Å². The first kappa shape index (κ1) is 15.8. The zero-order chi connectivity index (χ0) is 14.3. The second kappa shape index (κ2) is 8.50. The molecule has 122 valence electrons. The average molecular weight is 294 g/mol. The van der Waals surface area contributed by atoms with Crippen LogP contribution in [0.2, 0.25) is 0 Å². The van der Waals surface area contributed by atoms with Crippen molar-refractivity contribution in [1.29, 1.82) is 0 Å². The highest BCUT2D eigenvalue weighted by Gasteiger charge is 2.32. The molecule has 3 aliphatic rings. The van der Waals surface area contributed by atoms with Gasteiger partial charge in [-0.1, -0.05) is 19.3 Å². The lowest BCUT2D eigenvalue weighted by molar-refractivity contribution is 0.0104. The van der Waals surface area contributed by atoms with Gasteiger partial charge in [0.2, 0.25) is 0 Å². The molecule has 3 heteroatoms. The number of ether oxygens (including phenoxy) is 1.